The SMILES string of the molecule is CCCOc1ccc(/C=C/c2ccnc(-c3cccc([N+](=O)[O-])c3)[n+]2[O-])cc1OCC. The van der Waals surface area contributed by atoms with Crippen LogP contribution in [0.2, 0.25) is 0 Å². The van der Waals surface area contributed by atoms with Gasteiger partial charge in [0.15, 0.2) is 11.5 Å². The third-order valence-electron chi connectivity index (χ3n) is 4.36. The van der Waals surface area contributed by atoms with E-state index in [0.29, 0.717) is 40.7 Å². The topological polar surface area (TPSA) is 101 Å². The minimum Gasteiger partial charge on any atom is -0.710 e. The lowest BCUT2D eigenvalue weighted by molar-refractivity contribution is -0.598. The molecule has 0 aliphatic rings. The Balaban J connectivity index is 1.89. The first-order valence-electron chi connectivity index (χ1n) is 9.94. The minimum absolute atomic E-state index is 0.0872. The summed E-state index contributed by atoms with van der Waals surface area (Å²) in [6, 6.07) is 13.0. The fourth-order valence-corrected chi connectivity index (χ4v) is 2.91. The molecule has 31 heavy (non-hydrogen) atoms. The molecular weight excluding hydrogens is 398 g/mol. The van der Waals surface area contributed by atoms with Crippen molar-refractivity contribution in [3.05, 3.63) is 81.3 Å². The van der Waals surface area contributed by atoms with Gasteiger partial charge in [-0.3, -0.25) is 10.1 Å². The third-order valence-corrected chi connectivity index (χ3v) is 4.36. The van der Waals surface area contributed by atoms with Crippen LogP contribution in [0, 0.1) is 15.3 Å². The second-order valence-corrected chi connectivity index (χ2v) is 6.62. The highest BCUT2D eigenvalue weighted by molar-refractivity contribution is 5.69. The predicted molar refractivity (Wildman–Crippen MR) is 118 cm³/mol. The van der Waals surface area contributed by atoms with Gasteiger partial charge in [-0.05, 0) is 48.2 Å². The van der Waals surface area contributed by atoms with E-state index in [1.807, 2.05) is 32.0 Å². The molecule has 0 unspecified atom stereocenters. The van der Waals surface area contributed by atoms with E-state index in [-0.39, 0.29) is 11.5 Å². The molecule has 8 nitrogen and oxygen atoms in total. The van der Waals surface area contributed by atoms with Gasteiger partial charge in [0.05, 0.1) is 23.7 Å². The number of hydrogen-bond acceptors (Lipinski definition) is 6. The fraction of sp³-hybridized carbons (Fsp3) is 0.217. The maximum atomic E-state index is 12.8. The first-order chi connectivity index (χ1) is 15.0. The zero-order valence-corrected chi connectivity index (χ0v) is 17.4. The van der Waals surface area contributed by atoms with Crippen molar-refractivity contribution in [3.8, 4) is 22.9 Å². The smallest absolute Gasteiger partial charge is 0.333 e. The van der Waals surface area contributed by atoms with Gasteiger partial charge >= 0.3 is 5.82 Å². The molecule has 0 saturated heterocycles. The Bertz CT molecular complexity index is 1100. The lowest BCUT2D eigenvalue weighted by atomic mass is 10.1. The normalized spacial score (nSPS) is 10.9. The zero-order chi connectivity index (χ0) is 22.2. The summed E-state index contributed by atoms with van der Waals surface area (Å²) >= 11 is 0. The molecule has 0 N–H and O–H groups in total. The van der Waals surface area contributed by atoms with Gasteiger partial charge in [-0.15, -0.1) is 0 Å². The van der Waals surface area contributed by atoms with Crippen LogP contribution in [0.15, 0.2) is 54.7 Å². The second kappa shape index (κ2) is 10.2. The van der Waals surface area contributed by atoms with Crippen molar-refractivity contribution in [2.24, 2.45) is 0 Å². The van der Waals surface area contributed by atoms with Gasteiger partial charge in [0, 0.05) is 18.2 Å². The van der Waals surface area contributed by atoms with Crippen LogP contribution in [-0.4, -0.2) is 23.1 Å². The van der Waals surface area contributed by atoms with E-state index >= 15 is 0 Å². The van der Waals surface area contributed by atoms with Gasteiger partial charge in [-0.25, -0.2) is 4.73 Å². The highest BCUT2D eigenvalue weighted by Crippen LogP contribution is 2.29. The van der Waals surface area contributed by atoms with E-state index < -0.39 is 4.92 Å². The number of hydrogen-bond donors (Lipinski definition) is 0. The monoisotopic (exact) mass is 421 g/mol. The molecule has 3 rings (SSSR count). The van der Waals surface area contributed by atoms with Crippen LogP contribution >= 0.6 is 0 Å². The summed E-state index contributed by atoms with van der Waals surface area (Å²) in [5.74, 6) is 1.40. The van der Waals surface area contributed by atoms with Crippen LogP contribution in [0.4, 0.5) is 5.69 Å². The lowest BCUT2D eigenvalue weighted by Crippen LogP contribution is -2.33. The van der Waals surface area contributed by atoms with Crippen molar-refractivity contribution < 1.29 is 19.1 Å². The molecule has 0 radical (unpaired) electrons. The van der Waals surface area contributed by atoms with Crippen LogP contribution in [0.3, 0.4) is 0 Å². The summed E-state index contributed by atoms with van der Waals surface area (Å²) in [7, 11) is 0. The molecule has 0 amide bonds. The Morgan fingerprint density at radius 2 is 1.90 bits per heavy atom. The Morgan fingerprint density at radius 1 is 1.06 bits per heavy atom. The molecule has 0 saturated carbocycles. The molecule has 160 valence electrons. The highest BCUT2D eigenvalue weighted by atomic mass is 16.6. The average Bonchev–Trinajstić information content (AvgIpc) is 2.78. The maximum Gasteiger partial charge on any atom is 0.333 e. The van der Waals surface area contributed by atoms with Crippen LogP contribution < -0.4 is 14.2 Å². The number of non-ortho nitro benzene ring substituents is 1. The number of nitro groups is 1. The molecule has 0 spiro atoms. The average molecular weight is 421 g/mol. The molecular formula is C23H23N3O5. The fourth-order valence-electron chi connectivity index (χ4n) is 2.91. The molecule has 0 atom stereocenters. The molecule has 0 fully saturated rings. The van der Waals surface area contributed by atoms with Crippen molar-refractivity contribution >= 4 is 17.8 Å². The Morgan fingerprint density at radius 3 is 2.65 bits per heavy atom. The van der Waals surface area contributed by atoms with E-state index in [1.165, 1.54) is 24.4 Å². The number of nitro benzene ring substituents is 1. The van der Waals surface area contributed by atoms with Gasteiger partial charge in [0.1, 0.15) is 11.9 Å². The second-order valence-electron chi connectivity index (χ2n) is 6.62. The Kier molecular flexibility index (Phi) is 7.16. The van der Waals surface area contributed by atoms with Crippen molar-refractivity contribution in [3.63, 3.8) is 0 Å². The van der Waals surface area contributed by atoms with Gasteiger partial charge in [0.2, 0.25) is 0 Å². The van der Waals surface area contributed by atoms with Gasteiger partial charge in [-0.1, -0.05) is 25.1 Å². The van der Waals surface area contributed by atoms with E-state index in [2.05, 4.69) is 4.98 Å². The van der Waals surface area contributed by atoms with E-state index in [0.717, 1.165) is 12.0 Å². The van der Waals surface area contributed by atoms with Crippen molar-refractivity contribution in [1.29, 1.82) is 0 Å². The molecule has 1 heterocycles. The summed E-state index contributed by atoms with van der Waals surface area (Å²) in [5, 5.41) is 23.8. The first kappa shape index (κ1) is 21.8. The van der Waals surface area contributed by atoms with Crippen LogP contribution in [0.5, 0.6) is 11.5 Å². The van der Waals surface area contributed by atoms with Gasteiger partial charge in [-0.2, -0.15) is 0 Å². The Hall–Kier alpha value is -3.94. The highest BCUT2D eigenvalue weighted by Gasteiger charge is 2.16. The van der Waals surface area contributed by atoms with E-state index in [1.54, 1.807) is 24.3 Å². The number of ether oxygens (including phenoxy) is 2. The standard InChI is InChI=1S/C23H23N3O5/c1-3-14-31-21-11-9-17(15-22(21)30-4-2)8-10-19-12-13-24-23(25(19)27)18-6-5-7-20(16-18)26(28)29/h5-13,15-16H,3-4,14H2,1-2H3/b10-8+. The van der Waals surface area contributed by atoms with Crippen molar-refractivity contribution in [1.82, 2.24) is 4.98 Å². The largest absolute Gasteiger partial charge is 0.710 e. The van der Waals surface area contributed by atoms with Crippen LogP contribution in [0.1, 0.15) is 31.5 Å². The molecule has 0 aliphatic heterocycles. The number of rotatable bonds is 9. The molecule has 0 aliphatic carbocycles. The van der Waals surface area contributed by atoms with Crippen molar-refractivity contribution in [2.75, 3.05) is 13.2 Å². The van der Waals surface area contributed by atoms with E-state index in [9.17, 15) is 15.3 Å². The first-order valence-corrected chi connectivity index (χ1v) is 9.94. The van der Waals surface area contributed by atoms with Crippen molar-refractivity contribution in [2.45, 2.75) is 20.3 Å². The van der Waals surface area contributed by atoms with Crippen LogP contribution in [-0.2, 0) is 0 Å². The summed E-state index contributed by atoms with van der Waals surface area (Å²) in [5.41, 5.74) is 1.45. The molecule has 2 aromatic carbocycles. The summed E-state index contributed by atoms with van der Waals surface area (Å²) in [6.07, 6.45) is 5.83. The quantitative estimate of drug-likeness (QED) is 0.216. The number of benzene rings is 2. The van der Waals surface area contributed by atoms with Crippen LogP contribution in [0.25, 0.3) is 23.5 Å². The Labute approximate surface area is 180 Å². The predicted octanol–water partition coefficient (Wildman–Crippen LogP) is 4.65. The molecule has 1 aromatic heterocycles. The number of nitrogens with zero attached hydrogens (tertiary/aromatic N) is 3. The molecule has 8 heteroatoms. The maximum absolute atomic E-state index is 12.8. The van der Waals surface area contributed by atoms with Gasteiger partial charge in [0.25, 0.3) is 5.69 Å². The summed E-state index contributed by atoms with van der Waals surface area (Å²) < 4.78 is 12.0. The zero-order valence-electron chi connectivity index (χ0n) is 17.4. The minimum atomic E-state index is -0.508. The lowest BCUT2D eigenvalue weighted by Gasteiger charge is -2.12. The third kappa shape index (κ3) is 5.36. The summed E-state index contributed by atoms with van der Waals surface area (Å²) in [4.78, 5) is 14.6. The van der Waals surface area contributed by atoms with E-state index in [4.69, 9.17) is 9.47 Å². The van der Waals surface area contributed by atoms with Gasteiger partial charge < -0.3 is 14.7 Å². The number of aromatic nitrogens is 2. The molecule has 3 aromatic rings. The molecule has 0 bridgehead atoms. The summed E-state index contributed by atoms with van der Waals surface area (Å²) in [6.45, 7) is 5.04.